The summed E-state index contributed by atoms with van der Waals surface area (Å²) in [5.74, 6) is -1.86. The van der Waals surface area contributed by atoms with Crippen LogP contribution in [0.5, 0.6) is 0 Å². The smallest absolute Gasteiger partial charge is 0.162 e. The number of para-hydroxylation sites is 2. The number of aliphatic hydroxyl groups is 1. The van der Waals surface area contributed by atoms with Crippen LogP contribution in [0.15, 0.2) is 224 Å². The Bertz CT molecular complexity index is 3450. The van der Waals surface area contributed by atoms with Crippen molar-refractivity contribution in [3.63, 3.8) is 0 Å². The molecule has 0 saturated heterocycles. The number of aliphatic hydroxyl groups excluding tert-OH is 1. The molecule has 1 N–H and O–H groups in total. The summed E-state index contributed by atoms with van der Waals surface area (Å²) in [4.78, 5) is 23.9. The van der Waals surface area contributed by atoms with Crippen molar-refractivity contribution < 1.29 is 14.0 Å². The maximum atomic E-state index is 13.9. The van der Waals surface area contributed by atoms with Crippen molar-refractivity contribution in [1.82, 2.24) is 9.97 Å². The molecule has 1 saturated carbocycles. The molecule has 328 valence electrons. The molecule has 2 aromatic heterocycles. The molecule has 4 heteroatoms. The number of allylic oxidation sites excluding steroid dienone is 2. The second-order valence-electron chi connectivity index (χ2n) is 17.8. The number of ketones is 1. The van der Waals surface area contributed by atoms with Crippen LogP contribution in [0.1, 0.15) is 48.1 Å². The molecule has 0 amide bonds. The van der Waals surface area contributed by atoms with Gasteiger partial charge in [-0.25, -0.2) is 9.97 Å². The Labute approximate surface area is 402 Å². The molecule has 1 fully saturated rings. The monoisotopic (exact) mass is 881 g/mol. The summed E-state index contributed by atoms with van der Waals surface area (Å²) in [5.41, 5.74) is 17.5. The van der Waals surface area contributed by atoms with Gasteiger partial charge in [0.1, 0.15) is 0 Å². The van der Waals surface area contributed by atoms with Crippen LogP contribution in [-0.2, 0) is 4.79 Å². The summed E-state index contributed by atoms with van der Waals surface area (Å²) in [6.45, 7) is -2.76. The largest absolute Gasteiger partial charge is 0.512 e. The van der Waals surface area contributed by atoms with Gasteiger partial charge in [0.05, 0.1) is 28.2 Å². The Balaban J connectivity index is 1.03. The number of pyridine rings is 2. The van der Waals surface area contributed by atoms with Gasteiger partial charge in [-0.3, -0.25) is 4.79 Å². The number of carbonyl (C=O) groups is 1. The molecule has 2 unspecified atom stereocenters. The van der Waals surface area contributed by atoms with Crippen LogP contribution in [0.3, 0.4) is 0 Å². The zero-order valence-electron chi connectivity index (χ0n) is 40.5. The minimum Gasteiger partial charge on any atom is -0.512 e. The lowest BCUT2D eigenvalue weighted by molar-refractivity contribution is -0.119. The van der Waals surface area contributed by atoms with E-state index in [9.17, 15) is 9.90 Å². The van der Waals surface area contributed by atoms with Crippen molar-refractivity contribution in [3.8, 4) is 78.1 Å². The summed E-state index contributed by atoms with van der Waals surface area (Å²) >= 11 is 0. The summed E-state index contributed by atoms with van der Waals surface area (Å²) in [5, 5.41) is 12.7. The van der Waals surface area contributed by atoms with Gasteiger partial charge >= 0.3 is 0 Å². The lowest BCUT2D eigenvalue weighted by Crippen LogP contribution is -2.25. The van der Waals surface area contributed by atoms with Gasteiger partial charge in [-0.1, -0.05) is 183 Å². The van der Waals surface area contributed by atoms with Crippen molar-refractivity contribution in [2.75, 3.05) is 0 Å². The number of carbonyl (C=O) groups excluding carboxylic acids is 1. The molecule has 0 radical (unpaired) electrons. The van der Waals surface area contributed by atoms with Crippen molar-refractivity contribution >= 4 is 27.6 Å². The first-order chi connectivity index (χ1) is 34.6. The van der Waals surface area contributed by atoms with Crippen LogP contribution in [0.25, 0.3) is 100.0 Å². The van der Waals surface area contributed by atoms with E-state index in [0.29, 0.717) is 6.42 Å². The topological polar surface area (TPSA) is 63.1 Å². The highest BCUT2D eigenvalue weighted by molar-refractivity contribution is 5.95. The van der Waals surface area contributed by atoms with Crippen molar-refractivity contribution in [2.45, 2.75) is 38.5 Å². The average Bonchev–Trinajstić information content (AvgIpc) is 3.42. The SMILES string of the molecule is [2H]C([2H])([2H])/C(O)=C/C(=O)C1CCCCC1c1ccccc1-c1cc(-c2ccccc2-c2ccc(-c3ccc4ccccc4n3)cc2)cc(-c2ccccc2-c2ccc(-c3ccc4ccccc4n3)cc2)c1. The normalized spacial score (nSPS) is 15.9. The average molecular weight is 882 g/mol. The molecule has 0 bridgehead atoms. The number of hydrogen-bond acceptors (Lipinski definition) is 4. The lowest BCUT2D eigenvalue weighted by Gasteiger charge is -2.32. The van der Waals surface area contributed by atoms with E-state index in [1.807, 2.05) is 48.5 Å². The second-order valence-corrected chi connectivity index (χ2v) is 17.8. The molecule has 0 aliphatic heterocycles. The van der Waals surface area contributed by atoms with Crippen LogP contribution < -0.4 is 0 Å². The van der Waals surface area contributed by atoms with E-state index >= 15 is 0 Å². The Hall–Kier alpha value is -8.21. The van der Waals surface area contributed by atoms with Crippen LogP contribution in [0.4, 0.5) is 0 Å². The van der Waals surface area contributed by atoms with Crippen molar-refractivity contribution in [3.05, 3.63) is 230 Å². The van der Waals surface area contributed by atoms with Gasteiger partial charge in [0.2, 0.25) is 0 Å². The fraction of sp³-hybridized carbons (Fsp3) is 0.109. The molecule has 2 atom stereocenters. The van der Waals surface area contributed by atoms with E-state index in [0.717, 1.165) is 131 Å². The first-order valence-corrected chi connectivity index (χ1v) is 23.5. The molecular weight excluding hydrogens is 829 g/mol. The van der Waals surface area contributed by atoms with E-state index in [-0.39, 0.29) is 11.7 Å². The molecule has 1 aliphatic rings. The second kappa shape index (κ2) is 18.6. The van der Waals surface area contributed by atoms with Gasteiger partial charge in [0.25, 0.3) is 0 Å². The highest BCUT2D eigenvalue weighted by Gasteiger charge is 2.32. The zero-order chi connectivity index (χ0) is 48.5. The van der Waals surface area contributed by atoms with Crippen LogP contribution in [-0.4, -0.2) is 20.9 Å². The maximum Gasteiger partial charge on any atom is 0.162 e. The molecule has 11 rings (SSSR count). The summed E-state index contributed by atoms with van der Waals surface area (Å²) in [6.07, 6.45) is 4.11. The van der Waals surface area contributed by atoms with Gasteiger partial charge in [-0.15, -0.1) is 0 Å². The molecule has 1 aliphatic carbocycles. The quantitative estimate of drug-likeness (QED) is 0.110. The number of nitrogens with zero attached hydrogens (tertiary/aromatic N) is 2. The van der Waals surface area contributed by atoms with Crippen LogP contribution in [0, 0.1) is 5.92 Å². The summed E-state index contributed by atoms with van der Waals surface area (Å²) in [6, 6.07) is 74.3. The third kappa shape index (κ3) is 8.53. The molecule has 4 nitrogen and oxygen atoms in total. The van der Waals surface area contributed by atoms with Crippen molar-refractivity contribution in [1.29, 1.82) is 0 Å². The zero-order valence-corrected chi connectivity index (χ0v) is 37.5. The van der Waals surface area contributed by atoms with E-state index in [1.54, 1.807) is 0 Å². The number of aromatic nitrogens is 2. The van der Waals surface area contributed by atoms with Crippen LogP contribution >= 0.6 is 0 Å². The minimum absolute atomic E-state index is 0.175. The highest BCUT2D eigenvalue weighted by atomic mass is 16.3. The molecule has 2 heterocycles. The molecule has 0 spiro atoms. The van der Waals surface area contributed by atoms with E-state index in [2.05, 4.69) is 164 Å². The summed E-state index contributed by atoms with van der Waals surface area (Å²) < 4.78 is 23.2. The van der Waals surface area contributed by atoms with Gasteiger partial charge in [-0.2, -0.15) is 0 Å². The Morgan fingerprint density at radius 3 is 1.40 bits per heavy atom. The summed E-state index contributed by atoms with van der Waals surface area (Å²) in [7, 11) is 0. The third-order valence-electron chi connectivity index (χ3n) is 13.7. The first-order valence-electron chi connectivity index (χ1n) is 25.0. The standard InChI is InChI=1S/C64H50N2O2/c1-42(67)38-64(68)59-23-11-10-22-58(59)57-21-9-8-20-56(57)51-40-49(54-18-6-4-16-52(54)43-26-30-47(31-27-43)62-36-34-45-14-2-12-24-60(45)65-62)39-50(41-51)55-19-7-5-17-53(55)44-28-32-48(33-29-44)63-37-35-46-15-3-13-25-61(46)66-63/h2-9,12-21,24-41,58-59,67H,10-11,22-23H2,1H3/b42-38-/i1D3. The Morgan fingerprint density at radius 1 is 0.471 bits per heavy atom. The molecule has 8 aromatic carbocycles. The van der Waals surface area contributed by atoms with E-state index < -0.39 is 18.5 Å². The fourth-order valence-electron chi connectivity index (χ4n) is 10.3. The predicted molar refractivity (Wildman–Crippen MR) is 281 cm³/mol. The highest BCUT2D eigenvalue weighted by Crippen LogP contribution is 2.46. The van der Waals surface area contributed by atoms with Gasteiger partial charge in [0.15, 0.2) is 5.78 Å². The van der Waals surface area contributed by atoms with Crippen molar-refractivity contribution in [2.24, 2.45) is 5.92 Å². The number of hydrogen-bond donors (Lipinski definition) is 1. The third-order valence-corrected chi connectivity index (χ3v) is 13.7. The minimum atomic E-state index is -2.76. The first kappa shape index (κ1) is 39.0. The lowest BCUT2D eigenvalue weighted by atomic mass is 9.71. The predicted octanol–water partition coefficient (Wildman–Crippen LogP) is 16.8. The Kier molecular flexibility index (Phi) is 10.7. The van der Waals surface area contributed by atoms with Gasteiger partial charge in [0, 0.05) is 38.0 Å². The maximum absolute atomic E-state index is 13.9. The van der Waals surface area contributed by atoms with Gasteiger partial charge < -0.3 is 5.11 Å². The van der Waals surface area contributed by atoms with E-state index in [1.165, 1.54) is 0 Å². The fourth-order valence-corrected chi connectivity index (χ4v) is 10.3. The van der Waals surface area contributed by atoms with Crippen LogP contribution in [0.2, 0.25) is 0 Å². The molecule has 68 heavy (non-hydrogen) atoms. The van der Waals surface area contributed by atoms with Gasteiger partial charge in [-0.05, 0) is 129 Å². The number of rotatable bonds is 10. The number of fused-ring (bicyclic) bond motifs is 2. The Morgan fingerprint density at radius 2 is 0.882 bits per heavy atom. The van der Waals surface area contributed by atoms with E-state index in [4.69, 9.17) is 14.1 Å². The molecule has 10 aromatic rings. The number of benzene rings is 8. The molecular formula is C64H50N2O2.